The van der Waals surface area contributed by atoms with E-state index in [9.17, 15) is 10.1 Å². The zero-order chi connectivity index (χ0) is 15.7. The summed E-state index contributed by atoms with van der Waals surface area (Å²) in [5.74, 6) is 0. The number of anilines is 1. The first-order chi connectivity index (χ1) is 10.6. The van der Waals surface area contributed by atoms with Crippen LogP contribution in [0.5, 0.6) is 0 Å². The van der Waals surface area contributed by atoms with Gasteiger partial charge in [-0.3, -0.25) is 10.1 Å². The number of morpholine rings is 1. The Balaban J connectivity index is 1.89. The number of thiazole rings is 1. The van der Waals surface area contributed by atoms with Crippen LogP contribution in [0.25, 0.3) is 0 Å². The second kappa shape index (κ2) is 6.20. The number of hydrogen-bond donors (Lipinski definition) is 0. The van der Waals surface area contributed by atoms with Gasteiger partial charge in [0, 0.05) is 30.3 Å². The molecule has 1 saturated heterocycles. The molecule has 0 N–H and O–H groups in total. The number of aryl methyl sites for hydroxylation is 1. The highest BCUT2D eigenvalue weighted by Gasteiger charge is 2.27. The largest absolute Gasteiger partial charge is 0.367 e. The van der Waals surface area contributed by atoms with Crippen molar-refractivity contribution in [3.63, 3.8) is 0 Å². The van der Waals surface area contributed by atoms with Crippen molar-refractivity contribution in [3.05, 3.63) is 49.4 Å². The number of hydrogen-bond acceptors (Lipinski definition) is 6. The Hall–Kier alpha value is -1.70. The topological polar surface area (TPSA) is 68.5 Å². The van der Waals surface area contributed by atoms with Gasteiger partial charge in [0.15, 0.2) is 0 Å². The molecule has 0 aliphatic carbocycles. The Labute approximate surface area is 136 Å². The first-order valence-corrected chi connectivity index (χ1v) is 8.02. The summed E-state index contributed by atoms with van der Waals surface area (Å²) in [5, 5.41) is 14.2. The molecule has 0 saturated carbocycles. The summed E-state index contributed by atoms with van der Waals surface area (Å²) in [7, 11) is 0. The molecule has 2 heterocycles. The molecule has 1 unspecified atom stereocenters. The van der Waals surface area contributed by atoms with Gasteiger partial charge >= 0.3 is 0 Å². The lowest BCUT2D eigenvalue weighted by Gasteiger charge is -2.35. The van der Waals surface area contributed by atoms with Gasteiger partial charge < -0.3 is 9.64 Å². The number of benzene rings is 1. The lowest BCUT2D eigenvalue weighted by molar-refractivity contribution is -0.384. The lowest BCUT2D eigenvalue weighted by atomic mass is 10.1. The second-order valence-electron chi connectivity index (χ2n) is 5.03. The number of nitrogens with zero attached hydrogens (tertiary/aromatic N) is 3. The molecule has 1 aromatic carbocycles. The third kappa shape index (κ3) is 2.92. The molecule has 0 radical (unpaired) electrons. The third-order valence-corrected chi connectivity index (χ3v) is 4.71. The van der Waals surface area contributed by atoms with Crippen LogP contribution in [-0.2, 0) is 4.74 Å². The molecule has 22 heavy (non-hydrogen) atoms. The molecule has 2 aromatic rings. The van der Waals surface area contributed by atoms with E-state index in [0.717, 1.165) is 16.3 Å². The fraction of sp³-hybridized carbons (Fsp3) is 0.357. The average molecular weight is 340 g/mol. The van der Waals surface area contributed by atoms with Gasteiger partial charge in [-0.2, -0.15) is 0 Å². The van der Waals surface area contributed by atoms with Crippen LogP contribution >= 0.6 is 22.9 Å². The summed E-state index contributed by atoms with van der Waals surface area (Å²) >= 11 is 7.84. The van der Waals surface area contributed by atoms with Gasteiger partial charge in [0.05, 0.1) is 28.8 Å². The zero-order valence-electron chi connectivity index (χ0n) is 11.9. The van der Waals surface area contributed by atoms with Crippen LogP contribution in [-0.4, -0.2) is 29.6 Å². The Kier molecular flexibility index (Phi) is 4.28. The van der Waals surface area contributed by atoms with Crippen molar-refractivity contribution in [1.29, 1.82) is 0 Å². The van der Waals surface area contributed by atoms with Crippen molar-refractivity contribution in [2.75, 3.05) is 24.6 Å². The van der Waals surface area contributed by atoms with Gasteiger partial charge in [-0.05, 0) is 12.5 Å². The molecule has 1 aliphatic heterocycles. The Morgan fingerprint density at radius 2 is 2.36 bits per heavy atom. The Bertz CT molecular complexity index is 670. The standard InChI is InChI=1S/C14H14ClN3O3S/c1-9-6-10(18(19)20)7-11(15)13(9)17-3-4-21-12(8-17)14-16-2-5-22-14/h2,5-7,12H,3-4,8H2,1H3. The van der Waals surface area contributed by atoms with Gasteiger partial charge in [-0.1, -0.05) is 11.6 Å². The van der Waals surface area contributed by atoms with Gasteiger partial charge in [0.25, 0.3) is 5.69 Å². The number of ether oxygens (including phenoxy) is 1. The SMILES string of the molecule is Cc1cc([N+](=O)[O-])cc(Cl)c1N1CCOC(c2nccs2)C1. The first kappa shape index (κ1) is 15.2. The third-order valence-electron chi connectivity index (χ3n) is 3.56. The van der Waals surface area contributed by atoms with Crippen LogP contribution in [0.1, 0.15) is 16.7 Å². The molecule has 1 aliphatic rings. The molecule has 6 nitrogen and oxygen atoms in total. The van der Waals surface area contributed by atoms with Gasteiger partial charge in [0.1, 0.15) is 11.1 Å². The summed E-state index contributed by atoms with van der Waals surface area (Å²) in [6, 6.07) is 2.95. The molecule has 1 atom stereocenters. The van der Waals surface area contributed by atoms with Crippen molar-refractivity contribution in [1.82, 2.24) is 4.98 Å². The van der Waals surface area contributed by atoms with E-state index < -0.39 is 4.92 Å². The number of nitro benzene ring substituents is 1. The van der Waals surface area contributed by atoms with Crippen LogP contribution < -0.4 is 4.90 Å². The predicted octanol–water partition coefficient (Wildman–Crippen LogP) is 3.59. The van der Waals surface area contributed by atoms with E-state index in [1.54, 1.807) is 23.6 Å². The summed E-state index contributed by atoms with van der Waals surface area (Å²) in [5.41, 5.74) is 1.63. The molecular formula is C14H14ClN3O3S. The maximum atomic E-state index is 10.9. The van der Waals surface area contributed by atoms with Gasteiger partial charge in [-0.15, -0.1) is 11.3 Å². The molecule has 3 rings (SSSR count). The zero-order valence-corrected chi connectivity index (χ0v) is 13.4. The lowest BCUT2D eigenvalue weighted by Crippen LogP contribution is -2.38. The maximum absolute atomic E-state index is 10.9. The number of aromatic nitrogens is 1. The smallest absolute Gasteiger partial charge is 0.271 e. The minimum Gasteiger partial charge on any atom is -0.367 e. The van der Waals surface area contributed by atoms with E-state index in [1.165, 1.54) is 6.07 Å². The predicted molar refractivity (Wildman–Crippen MR) is 85.9 cm³/mol. The van der Waals surface area contributed by atoms with Gasteiger partial charge in [0.2, 0.25) is 0 Å². The number of non-ortho nitro benzene ring substituents is 1. The first-order valence-electron chi connectivity index (χ1n) is 6.76. The number of halogens is 1. The molecule has 116 valence electrons. The van der Waals surface area contributed by atoms with Crippen molar-refractivity contribution < 1.29 is 9.66 Å². The Morgan fingerprint density at radius 1 is 1.55 bits per heavy atom. The van der Waals surface area contributed by atoms with Crippen LogP contribution in [0, 0.1) is 17.0 Å². The van der Waals surface area contributed by atoms with E-state index in [4.69, 9.17) is 16.3 Å². The molecule has 0 spiro atoms. The molecular weight excluding hydrogens is 326 g/mol. The molecule has 1 fully saturated rings. The maximum Gasteiger partial charge on any atom is 0.271 e. The normalized spacial score (nSPS) is 18.5. The summed E-state index contributed by atoms with van der Waals surface area (Å²) in [6.45, 7) is 3.73. The average Bonchev–Trinajstić information content (AvgIpc) is 3.01. The van der Waals surface area contributed by atoms with Crippen LogP contribution in [0.2, 0.25) is 5.02 Å². The molecule has 1 aromatic heterocycles. The van der Waals surface area contributed by atoms with Crippen molar-refractivity contribution >= 4 is 34.3 Å². The summed E-state index contributed by atoms with van der Waals surface area (Å²) in [4.78, 5) is 16.9. The van der Waals surface area contributed by atoms with E-state index in [1.807, 2.05) is 12.3 Å². The van der Waals surface area contributed by atoms with E-state index >= 15 is 0 Å². The quantitative estimate of drug-likeness (QED) is 0.631. The molecule has 0 bridgehead atoms. The van der Waals surface area contributed by atoms with E-state index in [2.05, 4.69) is 9.88 Å². The highest BCUT2D eigenvalue weighted by molar-refractivity contribution is 7.09. The highest BCUT2D eigenvalue weighted by Crippen LogP contribution is 2.36. The van der Waals surface area contributed by atoms with Crippen LogP contribution in [0.3, 0.4) is 0 Å². The minimum absolute atomic E-state index is 0.0102. The van der Waals surface area contributed by atoms with Crippen LogP contribution in [0.15, 0.2) is 23.7 Å². The Morgan fingerprint density at radius 3 is 3.00 bits per heavy atom. The van der Waals surface area contributed by atoms with E-state index in [0.29, 0.717) is 24.7 Å². The summed E-state index contributed by atoms with van der Waals surface area (Å²) < 4.78 is 5.77. The van der Waals surface area contributed by atoms with Crippen molar-refractivity contribution in [2.24, 2.45) is 0 Å². The van der Waals surface area contributed by atoms with Gasteiger partial charge in [-0.25, -0.2) is 4.98 Å². The monoisotopic (exact) mass is 339 g/mol. The minimum atomic E-state index is -0.430. The van der Waals surface area contributed by atoms with Crippen molar-refractivity contribution in [2.45, 2.75) is 13.0 Å². The molecule has 8 heteroatoms. The van der Waals surface area contributed by atoms with Crippen LogP contribution in [0.4, 0.5) is 11.4 Å². The highest BCUT2D eigenvalue weighted by atomic mass is 35.5. The van der Waals surface area contributed by atoms with E-state index in [-0.39, 0.29) is 11.8 Å². The second-order valence-corrected chi connectivity index (χ2v) is 6.36. The number of rotatable bonds is 3. The summed E-state index contributed by atoms with van der Waals surface area (Å²) in [6.07, 6.45) is 1.66. The fourth-order valence-corrected chi connectivity index (χ4v) is 3.68. The number of nitro groups is 1. The fourth-order valence-electron chi connectivity index (χ4n) is 2.62. The molecule has 0 amide bonds. The van der Waals surface area contributed by atoms with Crippen molar-refractivity contribution in [3.8, 4) is 0 Å².